The van der Waals surface area contributed by atoms with E-state index in [0.29, 0.717) is 0 Å². The van der Waals surface area contributed by atoms with Crippen LogP contribution in [0.3, 0.4) is 0 Å². The Morgan fingerprint density at radius 1 is 0.438 bits per heavy atom. The van der Waals surface area contributed by atoms with Crippen molar-refractivity contribution in [2.45, 2.75) is 117 Å². The van der Waals surface area contributed by atoms with Gasteiger partial charge in [0.15, 0.2) is 0 Å². The maximum atomic E-state index is 7.13. The summed E-state index contributed by atoms with van der Waals surface area (Å²) in [6, 6.07) is 65.5. The second-order valence-electron chi connectivity index (χ2n) is 24.1. The number of pyridine rings is 1. The zero-order chi connectivity index (χ0) is 51.7. The number of imidazole rings is 1. The molecule has 0 fully saturated rings. The lowest BCUT2D eigenvalue weighted by molar-refractivity contribution is -0.611. The number of benzene rings is 7. The third kappa shape index (κ3) is 9.31. The molecule has 7 aromatic carbocycles. The molecule has 0 saturated heterocycles. The van der Waals surface area contributed by atoms with Gasteiger partial charge in [0.25, 0.3) is 6.33 Å². The molecule has 0 aliphatic rings. The predicted molar refractivity (Wildman–Crippen MR) is 303 cm³/mol. The molecular weight excluding hydrogens is 889 g/mol. The summed E-state index contributed by atoms with van der Waals surface area (Å²) in [5.41, 5.74) is 13.9. The highest BCUT2D eigenvalue weighted by Gasteiger charge is 2.35. The van der Waals surface area contributed by atoms with Crippen LogP contribution < -0.4 is 9.30 Å². The van der Waals surface area contributed by atoms with Gasteiger partial charge < -0.3 is 4.74 Å². The minimum atomic E-state index is -0.276. The third-order valence-electron chi connectivity index (χ3n) is 14.9. The van der Waals surface area contributed by atoms with E-state index in [1.807, 2.05) is 6.20 Å². The van der Waals surface area contributed by atoms with Gasteiger partial charge in [-0.1, -0.05) is 205 Å². The molecule has 0 spiro atoms. The third-order valence-corrected chi connectivity index (χ3v) is 14.9. The van der Waals surface area contributed by atoms with Gasteiger partial charge >= 0.3 is 0 Å². The van der Waals surface area contributed by atoms with Gasteiger partial charge in [0.05, 0.1) is 33.8 Å². The van der Waals surface area contributed by atoms with Crippen LogP contribution in [0.5, 0.6) is 11.5 Å². The lowest BCUT2D eigenvalue weighted by atomic mass is 9.75. The first-order valence-electron chi connectivity index (χ1n) is 25.9. The predicted octanol–water partition coefficient (Wildman–Crippen LogP) is 17.0. The molecule has 0 unspecified atom stereocenters. The molecule has 0 N–H and O–H groups in total. The highest BCUT2D eigenvalue weighted by Crippen LogP contribution is 2.42. The lowest BCUT2D eigenvalue weighted by Crippen LogP contribution is -2.41. The topological polar surface area (TPSA) is 35.9 Å². The molecule has 73 heavy (non-hydrogen) atoms. The number of aromatic nitrogens is 4. The van der Waals surface area contributed by atoms with Gasteiger partial charge in [-0.25, -0.2) is 4.98 Å². The summed E-state index contributed by atoms with van der Waals surface area (Å²) in [6.45, 7) is 30.1. The van der Waals surface area contributed by atoms with Crippen molar-refractivity contribution in [3.63, 3.8) is 0 Å². The summed E-state index contributed by atoms with van der Waals surface area (Å²) >= 11 is 0. The van der Waals surface area contributed by atoms with Crippen molar-refractivity contribution in [1.82, 2.24) is 14.1 Å². The zero-order valence-corrected chi connectivity index (χ0v) is 45.1. The maximum Gasteiger partial charge on any atom is 0.269 e. The van der Waals surface area contributed by atoms with Crippen LogP contribution in [0.15, 0.2) is 188 Å². The standard InChI is InChI=1S/C68H70N4O/c1-64(2,3)51-39-52(68(12,13)49-29-21-16-22-30-49)41-54(40-51)71-45-70(62(65(4,5)6)63(71)66(7,8)9)53-37-47(46-25-17-14-18-26-46)38-56(43-53)73-55-33-34-58-57-31-23-24-32-59(57)72(60(58)44-55)61-42-50(35-36-69-61)67(10,11)48-27-19-15-20-28-48/h14-44H,1-13H3. The molecule has 10 aromatic rings. The van der Waals surface area contributed by atoms with Gasteiger partial charge in [0.2, 0.25) is 0 Å². The first kappa shape index (κ1) is 49.1. The molecular formula is C68H70N4O. The van der Waals surface area contributed by atoms with Gasteiger partial charge in [-0.05, 0) is 116 Å². The molecule has 10 rings (SSSR count). The Kier molecular flexibility index (Phi) is 12.2. The highest BCUT2D eigenvalue weighted by atomic mass is 16.5. The van der Waals surface area contributed by atoms with Gasteiger partial charge in [0, 0.05) is 33.9 Å². The summed E-state index contributed by atoms with van der Waals surface area (Å²) in [6.07, 6.45) is 5.96. The molecule has 0 aliphatic carbocycles. The van der Waals surface area contributed by atoms with Crippen LogP contribution in [-0.2, 0) is 27.1 Å². The number of hydrogen-bond donors (Lipinski definition) is 0. The summed E-state index contributed by atoms with van der Waals surface area (Å²) < 4.78 is 14.1. The van der Waals surface area contributed by atoms with Crippen LogP contribution in [0.25, 0.3) is 50.1 Å². The van der Waals surface area contributed by atoms with E-state index in [0.717, 1.165) is 61.6 Å². The number of fused-ring (bicyclic) bond motifs is 3. The van der Waals surface area contributed by atoms with Crippen molar-refractivity contribution >= 4 is 21.8 Å². The van der Waals surface area contributed by atoms with E-state index >= 15 is 0 Å². The first-order valence-corrected chi connectivity index (χ1v) is 25.9. The van der Waals surface area contributed by atoms with E-state index in [2.05, 4.69) is 292 Å². The molecule has 5 nitrogen and oxygen atoms in total. The normalized spacial score (nSPS) is 12.7. The fraction of sp³-hybridized carbons (Fsp3) is 0.265. The molecule has 5 heteroatoms. The lowest BCUT2D eigenvalue weighted by Gasteiger charge is -2.32. The Morgan fingerprint density at radius 3 is 1.66 bits per heavy atom. The first-order chi connectivity index (χ1) is 34.6. The van der Waals surface area contributed by atoms with Crippen LogP contribution in [0.1, 0.15) is 129 Å². The second kappa shape index (κ2) is 18.2. The molecule has 0 aliphatic heterocycles. The van der Waals surface area contributed by atoms with E-state index < -0.39 is 0 Å². The van der Waals surface area contributed by atoms with Crippen LogP contribution >= 0.6 is 0 Å². The largest absolute Gasteiger partial charge is 0.458 e. The minimum Gasteiger partial charge on any atom is -0.458 e. The summed E-state index contributed by atoms with van der Waals surface area (Å²) in [5.74, 6) is 2.33. The SMILES string of the molecule is CC(C)(C)c1cc(-[n+]2[c-]n(-c3cc(Oc4ccc5c6ccccc6n(-c6cc(C(C)(C)c7ccccc7)ccn6)c5c4)cc(-c4ccccc4)c3)c(C(C)(C)C)c2C(C)(C)C)cc(C(C)(C)c2ccccc2)c1. The Labute approximate surface area is 433 Å². The average Bonchev–Trinajstić information content (AvgIpc) is 3.95. The Bertz CT molecular complexity index is 3630. The number of ether oxygens (including phenoxy) is 1. The fourth-order valence-electron chi connectivity index (χ4n) is 10.6. The van der Waals surface area contributed by atoms with Crippen LogP contribution in [0.2, 0.25) is 0 Å². The van der Waals surface area contributed by atoms with E-state index in [9.17, 15) is 0 Å². The summed E-state index contributed by atoms with van der Waals surface area (Å²) in [7, 11) is 0. The van der Waals surface area contributed by atoms with E-state index in [4.69, 9.17) is 9.72 Å². The number of rotatable bonds is 10. The summed E-state index contributed by atoms with van der Waals surface area (Å²) in [5, 5.41) is 2.30. The summed E-state index contributed by atoms with van der Waals surface area (Å²) in [4.78, 5) is 5.03. The number of hydrogen-bond acceptors (Lipinski definition) is 2. The van der Waals surface area contributed by atoms with Crippen molar-refractivity contribution in [2.75, 3.05) is 0 Å². The van der Waals surface area contributed by atoms with E-state index in [1.54, 1.807) is 0 Å². The Balaban J connectivity index is 1.15. The smallest absolute Gasteiger partial charge is 0.269 e. The van der Waals surface area contributed by atoms with E-state index in [-0.39, 0.29) is 27.1 Å². The quantitative estimate of drug-likeness (QED) is 0.101. The fourth-order valence-corrected chi connectivity index (χ4v) is 10.6. The van der Waals surface area contributed by atoms with Crippen molar-refractivity contribution in [1.29, 1.82) is 0 Å². The molecule has 0 radical (unpaired) electrons. The second-order valence-corrected chi connectivity index (χ2v) is 24.1. The molecule has 3 heterocycles. The van der Waals surface area contributed by atoms with Gasteiger partial charge in [-0.15, -0.1) is 0 Å². The monoisotopic (exact) mass is 959 g/mol. The zero-order valence-electron chi connectivity index (χ0n) is 45.1. The molecule has 368 valence electrons. The van der Waals surface area contributed by atoms with Gasteiger partial charge in [-0.2, -0.15) is 0 Å². The maximum absolute atomic E-state index is 7.13. The molecule has 0 atom stereocenters. The van der Waals surface area contributed by atoms with Crippen molar-refractivity contribution in [3.05, 3.63) is 234 Å². The highest BCUT2D eigenvalue weighted by molar-refractivity contribution is 6.09. The number of para-hydroxylation sites is 1. The average molecular weight is 959 g/mol. The minimum absolute atomic E-state index is 0.0944. The van der Waals surface area contributed by atoms with Crippen LogP contribution in [-0.4, -0.2) is 14.1 Å². The van der Waals surface area contributed by atoms with Gasteiger partial charge in [0.1, 0.15) is 17.3 Å². The van der Waals surface area contributed by atoms with Crippen molar-refractivity contribution in [3.8, 4) is 39.8 Å². The Morgan fingerprint density at radius 2 is 1.03 bits per heavy atom. The molecule has 0 saturated carbocycles. The van der Waals surface area contributed by atoms with Crippen molar-refractivity contribution in [2.24, 2.45) is 0 Å². The molecule has 0 amide bonds. The molecule has 3 aromatic heterocycles. The van der Waals surface area contributed by atoms with Crippen LogP contribution in [0.4, 0.5) is 0 Å². The number of nitrogens with zero attached hydrogens (tertiary/aromatic N) is 4. The van der Waals surface area contributed by atoms with Crippen LogP contribution in [0, 0.1) is 6.33 Å². The van der Waals surface area contributed by atoms with Crippen molar-refractivity contribution < 1.29 is 9.30 Å². The Hall–Kier alpha value is -7.50. The van der Waals surface area contributed by atoms with E-state index in [1.165, 1.54) is 39.2 Å². The molecule has 0 bridgehead atoms. The van der Waals surface area contributed by atoms with Gasteiger partial charge in [-0.3, -0.25) is 13.7 Å².